The van der Waals surface area contributed by atoms with Gasteiger partial charge in [0.25, 0.3) is 0 Å². The Morgan fingerprint density at radius 1 is 1.03 bits per heavy atom. The molecular weight excluding hydrogens is 558 g/mol. The van der Waals surface area contributed by atoms with Gasteiger partial charge in [-0.1, -0.05) is 12.1 Å². The van der Waals surface area contributed by atoms with E-state index in [9.17, 15) is 34.8 Å². The minimum absolute atomic E-state index is 0.150. The number of aryl methyl sites for hydroxylation is 1. The molecular formula is C22H24F6N6O2S2. The van der Waals surface area contributed by atoms with Crippen LogP contribution in [-0.4, -0.2) is 60.6 Å². The summed E-state index contributed by atoms with van der Waals surface area (Å²) in [6, 6.07) is 7.17. The number of thiazole rings is 1. The molecule has 2 atom stereocenters. The lowest BCUT2D eigenvalue weighted by atomic mass is 10.1. The van der Waals surface area contributed by atoms with Crippen LogP contribution in [0.15, 0.2) is 24.3 Å². The molecule has 1 fully saturated rings. The highest BCUT2D eigenvalue weighted by molar-refractivity contribution is 7.89. The Morgan fingerprint density at radius 3 is 2.45 bits per heavy atom. The number of nitrogens with one attached hydrogen (secondary N) is 3. The van der Waals surface area contributed by atoms with Gasteiger partial charge >= 0.3 is 12.4 Å². The Labute approximate surface area is 218 Å². The molecule has 16 heteroatoms. The van der Waals surface area contributed by atoms with E-state index in [1.54, 1.807) is 6.92 Å². The number of aromatic nitrogens is 3. The zero-order valence-corrected chi connectivity index (χ0v) is 21.6. The van der Waals surface area contributed by atoms with Crippen LogP contribution in [0, 0.1) is 12.8 Å². The van der Waals surface area contributed by atoms with E-state index < -0.39 is 34.7 Å². The van der Waals surface area contributed by atoms with Gasteiger partial charge in [0.2, 0.25) is 16.0 Å². The molecule has 38 heavy (non-hydrogen) atoms. The summed E-state index contributed by atoms with van der Waals surface area (Å²) in [6.45, 7) is 0.165. The molecule has 1 aliphatic carbocycles. The third kappa shape index (κ3) is 7.66. The molecule has 1 saturated carbocycles. The molecule has 8 nitrogen and oxygen atoms in total. The van der Waals surface area contributed by atoms with Crippen LogP contribution in [0.3, 0.4) is 0 Å². The van der Waals surface area contributed by atoms with Gasteiger partial charge in [-0.15, -0.1) is 11.3 Å². The van der Waals surface area contributed by atoms with Crippen LogP contribution < -0.4 is 15.4 Å². The molecule has 0 spiro atoms. The van der Waals surface area contributed by atoms with Crippen molar-refractivity contribution in [1.82, 2.24) is 19.7 Å². The van der Waals surface area contributed by atoms with E-state index in [0.717, 1.165) is 10.2 Å². The first-order chi connectivity index (χ1) is 17.7. The van der Waals surface area contributed by atoms with Gasteiger partial charge in [0.15, 0.2) is 5.75 Å². The number of sulfonamides is 1. The van der Waals surface area contributed by atoms with Gasteiger partial charge in [0.1, 0.15) is 17.4 Å². The van der Waals surface area contributed by atoms with Crippen LogP contribution in [0.5, 0.6) is 0 Å². The van der Waals surface area contributed by atoms with E-state index in [1.807, 2.05) is 29.0 Å². The van der Waals surface area contributed by atoms with E-state index in [4.69, 9.17) is 0 Å². The van der Waals surface area contributed by atoms with Crippen molar-refractivity contribution in [2.45, 2.75) is 44.6 Å². The molecule has 4 rings (SSSR count). The molecule has 0 bridgehead atoms. The first-order valence-corrected chi connectivity index (χ1v) is 14.0. The zero-order chi connectivity index (χ0) is 27.7. The Morgan fingerprint density at radius 2 is 1.76 bits per heavy atom. The van der Waals surface area contributed by atoms with Crippen LogP contribution in [0.4, 0.5) is 38.1 Å². The Hall–Kier alpha value is -2.72. The molecule has 0 amide bonds. The van der Waals surface area contributed by atoms with Gasteiger partial charge in [-0.3, -0.25) is 0 Å². The summed E-state index contributed by atoms with van der Waals surface area (Å²) in [7, 11) is -4.51. The summed E-state index contributed by atoms with van der Waals surface area (Å²) >= 11 is 1.38. The number of rotatable bonds is 9. The van der Waals surface area contributed by atoms with E-state index in [1.165, 1.54) is 11.3 Å². The predicted octanol–water partition coefficient (Wildman–Crippen LogP) is 5.10. The number of halogens is 6. The van der Waals surface area contributed by atoms with Crippen molar-refractivity contribution in [2.24, 2.45) is 5.92 Å². The maximum atomic E-state index is 12.8. The predicted molar refractivity (Wildman–Crippen MR) is 133 cm³/mol. The topological polar surface area (TPSA) is 109 Å². The van der Waals surface area contributed by atoms with Crippen LogP contribution in [0.2, 0.25) is 0 Å². The van der Waals surface area contributed by atoms with Crippen molar-refractivity contribution < 1.29 is 34.8 Å². The van der Waals surface area contributed by atoms with E-state index in [0.29, 0.717) is 35.5 Å². The standard InChI is InChI=1S/C22H24F6N6O2S2/c1-12-17(19-33-15-4-2-3-5-16(15)37-19)18(34-20(31-12)29-10-21(23,24)25)32-14-7-6-13(8-14)9-30-38(35,36)11-22(26,27)28/h2-5,13-14,30H,6-11H2,1H3,(H2,29,31,32,34)/t13-,14+/m1/s1. The summed E-state index contributed by atoms with van der Waals surface area (Å²) in [4.78, 5) is 13.1. The first kappa shape index (κ1) is 28.3. The lowest BCUT2D eigenvalue weighted by Gasteiger charge is -2.19. The lowest BCUT2D eigenvalue weighted by Crippen LogP contribution is -2.36. The van der Waals surface area contributed by atoms with Crippen LogP contribution >= 0.6 is 11.3 Å². The van der Waals surface area contributed by atoms with Crippen molar-refractivity contribution in [2.75, 3.05) is 29.5 Å². The van der Waals surface area contributed by atoms with Crippen molar-refractivity contribution in [3.63, 3.8) is 0 Å². The highest BCUT2D eigenvalue weighted by Crippen LogP contribution is 2.38. The van der Waals surface area contributed by atoms with Gasteiger partial charge in [-0.2, -0.15) is 31.3 Å². The summed E-state index contributed by atoms with van der Waals surface area (Å²) in [5, 5.41) is 5.99. The number of anilines is 2. The third-order valence-corrected chi connectivity index (χ3v) is 8.24. The minimum atomic E-state index is -4.84. The minimum Gasteiger partial charge on any atom is -0.367 e. The molecule has 0 radical (unpaired) electrons. The molecule has 0 saturated heterocycles. The zero-order valence-electron chi connectivity index (χ0n) is 19.9. The van der Waals surface area contributed by atoms with Gasteiger partial charge in [-0.25, -0.2) is 23.1 Å². The van der Waals surface area contributed by atoms with Crippen molar-refractivity contribution >= 4 is 43.3 Å². The van der Waals surface area contributed by atoms with Crippen molar-refractivity contribution in [1.29, 1.82) is 0 Å². The second kappa shape index (κ2) is 10.8. The molecule has 1 aliphatic rings. The first-order valence-electron chi connectivity index (χ1n) is 11.5. The Bertz CT molecular complexity index is 1360. The maximum absolute atomic E-state index is 12.8. The largest absolute Gasteiger partial charge is 0.405 e. The fourth-order valence-electron chi connectivity index (χ4n) is 4.27. The molecule has 208 valence electrons. The second-order valence-corrected chi connectivity index (χ2v) is 11.9. The summed E-state index contributed by atoms with van der Waals surface area (Å²) < 4.78 is 102. The fourth-order valence-corrected chi connectivity index (χ4v) is 6.35. The number of fused-ring (bicyclic) bond motifs is 1. The fraction of sp³-hybridized carbons (Fsp3) is 0.500. The number of alkyl halides is 6. The second-order valence-electron chi connectivity index (χ2n) is 9.05. The summed E-state index contributed by atoms with van der Waals surface area (Å²) in [5.74, 6) is -2.13. The average molecular weight is 583 g/mol. The third-order valence-electron chi connectivity index (χ3n) is 5.87. The van der Waals surface area contributed by atoms with Gasteiger partial charge in [0, 0.05) is 12.6 Å². The number of hydrogen-bond donors (Lipinski definition) is 3. The smallest absolute Gasteiger partial charge is 0.367 e. The SMILES string of the molecule is Cc1nc(NCC(F)(F)F)nc(N[C@H]2CC[C@@H](CNS(=O)(=O)CC(F)(F)F)C2)c1-c1nc2ccccc2s1. The highest BCUT2D eigenvalue weighted by atomic mass is 32.2. The van der Waals surface area contributed by atoms with E-state index in [2.05, 4.69) is 25.6 Å². The van der Waals surface area contributed by atoms with E-state index >= 15 is 0 Å². The average Bonchev–Trinajstić information content (AvgIpc) is 3.40. The van der Waals surface area contributed by atoms with Crippen LogP contribution in [-0.2, 0) is 10.0 Å². The number of hydrogen-bond acceptors (Lipinski definition) is 8. The summed E-state index contributed by atoms with van der Waals surface area (Å²) in [6.07, 6.45) is -7.81. The van der Waals surface area contributed by atoms with Gasteiger partial charge in [-0.05, 0) is 44.2 Å². The molecule has 3 N–H and O–H groups in total. The monoisotopic (exact) mass is 582 g/mol. The maximum Gasteiger partial charge on any atom is 0.405 e. The van der Waals surface area contributed by atoms with Crippen molar-refractivity contribution in [3.05, 3.63) is 30.0 Å². The molecule has 0 unspecified atom stereocenters. The normalized spacial score (nSPS) is 18.7. The molecule has 1 aromatic carbocycles. The molecule has 0 aliphatic heterocycles. The summed E-state index contributed by atoms with van der Waals surface area (Å²) in [5.41, 5.74) is 1.67. The van der Waals surface area contributed by atoms with Crippen LogP contribution in [0.1, 0.15) is 25.0 Å². The highest BCUT2D eigenvalue weighted by Gasteiger charge is 2.36. The van der Waals surface area contributed by atoms with Crippen molar-refractivity contribution in [3.8, 4) is 10.6 Å². The molecule has 2 heterocycles. The number of benzene rings is 1. The molecule has 3 aromatic rings. The number of nitrogens with zero attached hydrogens (tertiary/aromatic N) is 3. The Kier molecular flexibility index (Phi) is 8.04. The van der Waals surface area contributed by atoms with Crippen LogP contribution in [0.25, 0.3) is 20.8 Å². The van der Waals surface area contributed by atoms with Gasteiger partial charge in [0.05, 0.1) is 21.5 Å². The lowest BCUT2D eigenvalue weighted by molar-refractivity contribution is -0.115. The van der Waals surface area contributed by atoms with E-state index in [-0.39, 0.29) is 30.3 Å². The van der Waals surface area contributed by atoms with Gasteiger partial charge < -0.3 is 10.6 Å². The number of para-hydroxylation sites is 1. The Balaban J connectivity index is 1.54. The molecule has 2 aromatic heterocycles. The quantitative estimate of drug-likeness (QED) is 0.302.